The van der Waals surface area contributed by atoms with Gasteiger partial charge in [0.25, 0.3) is 11.6 Å². The van der Waals surface area contributed by atoms with Crippen LogP contribution in [0.5, 0.6) is 0 Å². The number of hydrogen-bond donors (Lipinski definition) is 3. The van der Waals surface area contributed by atoms with E-state index in [2.05, 4.69) is 21.2 Å². The summed E-state index contributed by atoms with van der Waals surface area (Å²) in [6.07, 6.45) is -3.52. The Hall–Kier alpha value is -3.70. The van der Waals surface area contributed by atoms with Crippen molar-refractivity contribution in [1.29, 1.82) is 0 Å². The third kappa shape index (κ3) is 5.65. The first-order valence-electron chi connectivity index (χ1n) is 7.78. The smallest absolute Gasteiger partial charge is 0.379 e. The normalized spacial score (nSPS) is 10.8. The Morgan fingerprint density at radius 2 is 1.89 bits per heavy atom. The molecule has 0 aliphatic carbocycles. The Morgan fingerprint density at radius 3 is 2.50 bits per heavy atom. The van der Waals surface area contributed by atoms with Crippen LogP contribution in [0.4, 0.5) is 24.5 Å². The van der Waals surface area contributed by atoms with Crippen molar-refractivity contribution in [2.24, 2.45) is 0 Å². The van der Waals surface area contributed by atoms with Crippen LogP contribution in [0.2, 0.25) is 0 Å². The average Bonchev–Trinajstić information content (AvgIpc) is 2.66. The molecule has 1 heterocycles. The molecule has 0 saturated heterocycles. The highest BCUT2D eigenvalue weighted by atomic mass is 19.4. The standard InChI is InChI=1S/C16H14F3N5O4/c17-16(18,19)10-4-5-11(13(9-10)24(27)28)21-8-6-14(25)22-23-15(26)12-3-1-2-7-20-12/h1-5,7,9,21H,6,8H2,(H,22,25)(H,23,26). The molecule has 0 aliphatic heterocycles. The molecule has 0 atom stereocenters. The highest BCUT2D eigenvalue weighted by Crippen LogP contribution is 2.34. The maximum atomic E-state index is 12.7. The molecule has 0 fully saturated rings. The Labute approximate surface area is 156 Å². The molecule has 148 valence electrons. The Bertz CT molecular complexity index is 874. The van der Waals surface area contributed by atoms with E-state index in [9.17, 15) is 32.9 Å². The van der Waals surface area contributed by atoms with E-state index in [1.54, 1.807) is 12.1 Å². The lowest BCUT2D eigenvalue weighted by molar-refractivity contribution is -0.384. The predicted molar refractivity (Wildman–Crippen MR) is 91.1 cm³/mol. The number of hydrazine groups is 1. The fourth-order valence-corrected chi connectivity index (χ4v) is 2.07. The molecule has 0 saturated carbocycles. The van der Waals surface area contributed by atoms with Crippen molar-refractivity contribution in [1.82, 2.24) is 15.8 Å². The fourth-order valence-electron chi connectivity index (χ4n) is 2.07. The Kier molecular flexibility index (Phi) is 6.47. The van der Waals surface area contributed by atoms with Gasteiger partial charge in [0.15, 0.2) is 0 Å². The first kappa shape index (κ1) is 20.6. The van der Waals surface area contributed by atoms with Gasteiger partial charge in [-0.15, -0.1) is 0 Å². The molecule has 3 N–H and O–H groups in total. The third-order valence-corrected chi connectivity index (χ3v) is 3.40. The zero-order valence-electron chi connectivity index (χ0n) is 14.1. The number of anilines is 1. The summed E-state index contributed by atoms with van der Waals surface area (Å²) in [5.41, 5.74) is 2.27. The van der Waals surface area contributed by atoms with Gasteiger partial charge in [-0.2, -0.15) is 13.2 Å². The molecule has 0 radical (unpaired) electrons. The first-order valence-corrected chi connectivity index (χ1v) is 7.78. The number of hydrogen-bond acceptors (Lipinski definition) is 6. The largest absolute Gasteiger partial charge is 0.416 e. The molecule has 0 spiro atoms. The molecule has 2 rings (SSSR count). The van der Waals surface area contributed by atoms with Gasteiger partial charge in [-0.05, 0) is 24.3 Å². The van der Waals surface area contributed by atoms with Gasteiger partial charge >= 0.3 is 6.18 Å². The van der Waals surface area contributed by atoms with Crippen LogP contribution in [0.25, 0.3) is 0 Å². The molecule has 1 aromatic carbocycles. The molecule has 0 unspecified atom stereocenters. The van der Waals surface area contributed by atoms with E-state index in [4.69, 9.17) is 0 Å². The number of carbonyl (C=O) groups excluding carboxylic acids is 2. The van der Waals surface area contributed by atoms with E-state index in [-0.39, 0.29) is 24.3 Å². The number of carbonyl (C=O) groups is 2. The number of nitrogens with zero attached hydrogens (tertiary/aromatic N) is 2. The number of amides is 2. The molecule has 0 bridgehead atoms. The number of pyridine rings is 1. The number of aromatic nitrogens is 1. The lowest BCUT2D eigenvalue weighted by Crippen LogP contribution is -2.42. The van der Waals surface area contributed by atoms with Crippen molar-refractivity contribution in [3.8, 4) is 0 Å². The zero-order chi connectivity index (χ0) is 20.7. The van der Waals surface area contributed by atoms with Crippen molar-refractivity contribution in [2.45, 2.75) is 12.6 Å². The van der Waals surface area contributed by atoms with Crippen LogP contribution < -0.4 is 16.2 Å². The topological polar surface area (TPSA) is 126 Å². The molecule has 0 aliphatic rings. The number of benzene rings is 1. The lowest BCUT2D eigenvalue weighted by atomic mass is 10.1. The fraction of sp³-hybridized carbons (Fsp3) is 0.188. The Morgan fingerprint density at radius 1 is 1.14 bits per heavy atom. The summed E-state index contributed by atoms with van der Waals surface area (Å²) in [7, 11) is 0. The van der Waals surface area contributed by atoms with E-state index >= 15 is 0 Å². The quantitative estimate of drug-likeness (QED) is 0.507. The third-order valence-electron chi connectivity index (χ3n) is 3.40. The van der Waals surface area contributed by atoms with Gasteiger partial charge in [-0.25, -0.2) is 0 Å². The molecule has 9 nitrogen and oxygen atoms in total. The van der Waals surface area contributed by atoms with Crippen molar-refractivity contribution in [3.63, 3.8) is 0 Å². The molecular weight excluding hydrogens is 383 g/mol. The van der Waals surface area contributed by atoms with Gasteiger partial charge in [-0.1, -0.05) is 6.07 Å². The van der Waals surface area contributed by atoms with Gasteiger partial charge in [0.2, 0.25) is 5.91 Å². The lowest BCUT2D eigenvalue weighted by Gasteiger charge is -2.11. The highest BCUT2D eigenvalue weighted by molar-refractivity contribution is 5.93. The van der Waals surface area contributed by atoms with E-state index in [0.717, 1.165) is 6.07 Å². The minimum atomic E-state index is -4.71. The second-order valence-electron chi connectivity index (χ2n) is 5.38. The summed E-state index contributed by atoms with van der Waals surface area (Å²) >= 11 is 0. The maximum absolute atomic E-state index is 12.7. The number of nitro benzene ring substituents is 1. The molecule has 2 aromatic rings. The summed E-state index contributed by atoms with van der Waals surface area (Å²) < 4.78 is 38.0. The van der Waals surface area contributed by atoms with Gasteiger partial charge in [0, 0.05) is 25.2 Å². The molecule has 28 heavy (non-hydrogen) atoms. The van der Waals surface area contributed by atoms with Crippen LogP contribution in [0, 0.1) is 10.1 Å². The summed E-state index contributed by atoms with van der Waals surface area (Å²) in [6, 6.07) is 6.67. The second-order valence-corrected chi connectivity index (χ2v) is 5.38. The second kappa shape index (κ2) is 8.79. The summed E-state index contributed by atoms with van der Waals surface area (Å²) in [5.74, 6) is -1.26. The van der Waals surface area contributed by atoms with Crippen LogP contribution in [0.1, 0.15) is 22.5 Å². The highest BCUT2D eigenvalue weighted by Gasteiger charge is 2.33. The van der Waals surface area contributed by atoms with E-state index in [1.165, 1.54) is 12.3 Å². The monoisotopic (exact) mass is 397 g/mol. The summed E-state index contributed by atoms with van der Waals surface area (Å²) in [4.78, 5) is 37.2. The van der Waals surface area contributed by atoms with Crippen LogP contribution in [-0.2, 0) is 11.0 Å². The predicted octanol–water partition coefficient (Wildman–Crippen LogP) is 2.27. The average molecular weight is 397 g/mol. The minimum Gasteiger partial charge on any atom is -0.379 e. The first-order chi connectivity index (χ1) is 13.2. The Balaban J connectivity index is 1.88. The number of nitrogens with one attached hydrogen (secondary N) is 3. The van der Waals surface area contributed by atoms with Crippen LogP contribution in [-0.4, -0.2) is 28.3 Å². The zero-order valence-corrected chi connectivity index (χ0v) is 14.1. The van der Waals surface area contributed by atoms with Gasteiger partial charge < -0.3 is 5.32 Å². The van der Waals surface area contributed by atoms with Crippen LogP contribution in [0.3, 0.4) is 0 Å². The SMILES string of the molecule is O=C(CCNc1ccc(C(F)(F)F)cc1[N+](=O)[O-])NNC(=O)c1ccccn1. The van der Waals surface area contributed by atoms with Gasteiger partial charge in [-0.3, -0.25) is 35.5 Å². The van der Waals surface area contributed by atoms with Gasteiger partial charge in [0.1, 0.15) is 11.4 Å². The van der Waals surface area contributed by atoms with E-state index in [0.29, 0.717) is 12.1 Å². The number of rotatable bonds is 6. The molecule has 12 heteroatoms. The summed E-state index contributed by atoms with van der Waals surface area (Å²) in [6.45, 7) is -0.114. The minimum absolute atomic E-state index is 0.0845. The van der Waals surface area contributed by atoms with Crippen molar-refractivity contribution in [3.05, 3.63) is 64.0 Å². The maximum Gasteiger partial charge on any atom is 0.416 e. The molecule has 2 amide bonds. The number of halogens is 3. The summed E-state index contributed by atoms with van der Waals surface area (Å²) in [5, 5.41) is 13.5. The van der Waals surface area contributed by atoms with Crippen molar-refractivity contribution < 1.29 is 27.7 Å². The molecule has 1 aromatic heterocycles. The number of alkyl halides is 3. The molecular formula is C16H14F3N5O4. The van der Waals surface area contributed by atoms with Gasteiger partial charge in [0.05, 0.1) is 10.5 Å². The van der Waals surface area contributed by atoms with Crippen molar-refractivity contribution >= 4 is 23.2 Å². The van der Waals surface area contributed by atoms with E-state index < -0.39 is 34.2 Å². The van der Waals surface area contributed by atoms with Crippen LogP contribution >= 0.6 is 0 Å². The van der Waals surface area contributed by atoms with E-state index in [1.807, 2.05) is 0 Å². The number of nitro groups is 1. The van der Waals surface area contributed by atoms with Crippen LogP contribution in [0.15, 0.2) is 42.6 Å². The van der Waals surface area contributed by atoms with Crippen molar-refractivity contribution in [2.75, 3.05) is 11.9 Å².